The molecule has 1 aliphatic carbocycles. The first-order valence-corrected chi connectivity index (χ1v) is 51.8. The second-order valence-electron chi connectivity index (χ2n) is 37.3. The van der Waals surface area contributed by atoms with E-state index in [2.05, 4.69) is 4.99 Å². The van der Waals surface area contributed by atoms with E-state index in [-0.39, 0.29) is 117 Å². The Morgan fingerprint density at radius 2 is 0.708 bits per heavy atom. The quantitative estimate of drug-likeness (QED) is 0.0110. The third-order valence-corrected chi connectivity index (χ3v) is 31.0. The normalized spacial score (nSPS) is 26.3. The van der Waals surface area contributed by atoms with E-state index in [1.807, 2.05) is 176 Å². The smallest absolute Gasteiger partial charge is 0.167 e. The van der Waals surface area contributed by atoms with Crippen LogP contribution in [0.4, 0.5) is 22.0 Å². The fourth-order valence-corrected chi connectivity index (χ4v) is 24.2. The van der Waals surface area contributed by atoms with E-state index in [9.17, 15) is 43.2 Å². The largest absolute Gasteiger partial charge is 0.396 e. The predicted octanol–water partition coefficient (Wildman–Crippen LogP) is 19.1. The van der Waals surface area contributed by atoms with Crippen LogP contribution < -0.4 is 17.2 Å². The third-order valence-electron chi connectivity index (χ3n) is 28.6. The summed E-state index contributed by atoms with van der Waals surface area (Å²) in [7, 11) is 0. The molecule has 762 valence electrons. The van der Waals surface area contributed by atoms with Crippen LogP contribution in [0.15, 0.2) is 313 Å². The van der Waals surface area contributed by atoms with Crippen LogP contribution in [-0.2, 0) is 91.0 Å². The van der Waals surface area contributed by atoms with Gasteiger partial charge in [0.05, 0.1) is 113 Å². The zero-order valence-corrected chi connectivity index (χ0v) is 83.8. The van der Waals surface area contributed by atoms with Crippen molar-refractivity contribution in [2.75, 3.05) is 97.4 Å². The van der Waals surface area contributed by atoms with E-state index in [4.69, 9.17) is 89.3 Å². The summed E-state index contributed by atoms with van der Waals surface area (Å²) < 4.78 is 127. The molecular weight excluding hydrogens is 1910 g/mol. The molecule has 0 radical (unpaired) electrons. The number of hydrogen-bond acceptors (Lipinski definition) is 24. The van der Waals surface area contributed by atoms with Crippen molar-refractivity contribution in [1.29, 1.82) is 0 Å². The number of benzene rings is 10. The number of nitrogens with zero attached hydrogens (tertiary/aromatic N) is 2. The van der Waals surface area contributed by atoms with E-state index >= 15 is 8.78 Å². The topological polar surface area (TPSA) is 301 Å². The van der Waals surface area contributed by atoms with Crippen molar-refractivity contribution in [3.8, 4) is 0 Å². The molecule has 0 spiro atoms. The van der Waals surface area contributed by atoms with Gasteiger partial charge in [0, 0.05) is 162 Å². The fourth-order valence-electron chi connectivity index (χ4n) is 21.3. The lowest BCUT2D eigenvalue weighted by Gasteiger charge is -2.49. The molecule has 0 amide bonds. The van der Waals surface area contributed by atoms with Crippen LogP contribution in [0.1, 0.15) is 129 Å². The van der Waals surface area contributed by atoms with Crippen LogP contribution in [-0.4, -0.2) is 192 Å². The molecule has 10 aromatic rings. The molecule has 7 heterocycles. The summed E-state index contributed by atoms with van der Waals surface area (Å²) in [6.45, 7) is 4.51. The van der Waals surface area contributed by atoms with Gasteiger partial charge >= 0.3 is 0 Å². The number of aliphatic imine (C=N–C) groups is 2. The molecule has 20 nitrogen and oxygen atoms in total. The molecule has 0 aromatic heterocycles. The molecule has 0 bridgehead atoms. The van der Waals surface area contributed by atoms with E-state index in [0.717, 1.165) is 33.6 Å². The van der Waals surface area contributed by atoms with Crippen LogP contribution in [0.3, 0.4) is 0 Å². The predicted molar refractivity (Wildman–Crippen MR) is 561 cm³/mol. The van der Waals surface area contributed by atoms with E-state index < -0.39 is 63.6 Å². The molecule has 5 fully saturated rings. The molecular formula is C115H128F5N5O15S4. The highest BCUT2D eigenvalue weighted by Crippen LogP contribution is 2.53. The van der Waals surface area contributed by atoms with Gasteiger partial charge in [0.1, 0.15) is 29.4 Å². The van der Waals surface area contributed by atoms with Gasteiger partial charge in [-0.3, -0.25) is 19.6 Å². The first-order valence-electron chi connectivity index (χ1n) is 49.0. The monoisotopic (exact) mass is 2040 g/mol. The maximum atomic E-state index is 15.2. The summed E-state index contributed by atoms with van der Waals surface area (Å²) in [5.74, 6) is -1.39. The van der Waals surface area contributed by atoms with Gasteiger partial charge in [-0.05, 0) is 95.3 Å². The van der Waals surface area contributed by atoms with Gasteiger partial charge in [0.2, 0.25) is 0 Å². The van der Waals surface area contributed by atoms with E-state index in [0.29, 0.717) is 183 Å². The SMILES string of the molecule is NC1=N[C@@]2(C3=CC=CCC3F)CCO[C@H](COCc3ccccc3)[C@H]2CS1.NC1=N[C@@]2(c3ccccc3F)CCO[C@H](CO)[C@H]2CS1.N[C@@]1(c2ccccc2F)CCO[C@H](COCc2ccccc2)[C@H]1CO.O=C(CC(=S)C[C@@]1(c2ccccc2F)CCO[C@H](COCc2ccccc2)[C@H]1CO)c1ccccc1.O=C(CC(=S)C[C@@]1(c2ccccc2F)CCO[C@H](COCc2ccccc2)[C@H]1CO)c1ccccc1. The van der Waals surface area contributed by atoms with E-state index in [1.54, 1.807) is 97.1 Å². The number of aliphatic hydroxyl groups is 4. The van der Waals surface area contributed by atoms with Gasteiger partial charge < -0.3 is 80.3 Å². The van der Waals surface area contributed by atoms with Crippen molar-refractivity contribution in [3.05, 3.63) is 382 Å². The maximum absolute atomic E-state index is 15.2. The zero-order chi connectivity index (χ0) is 101. The number of aliphatic hydroxyl groups excluding tert-OH is 4. The lowest BCUT2D eigenvalue weighted by atomic mass is 9.62. The Balaban J connectivity index is 0.000000145. The Morgan fingerprint density at radius 3 is 1.10 bits per heavy atom. The number of allylic oxidation sites excluding steroid dienone is 3. The van der Waals surface area contributed by atoms with Crippen LogP contribution in [0.2, 0.25) is 0 Å². The number of halogens is 5. The number of Topliss-reactive ketones (excluding diaryl/α,β-unsaturated/α-hetero) is 2. The lowest BCUT2D eigenvalue weighted by Crippen LogP contribution is -2.57. The first kappa shape index (κ1) is 110. The molecule has 1 unspecified atom stereocenters. The van der Waals surface area contributed by atoms with Crippen LogP contribution in [0, 0.1) is 52.9 Å². The maximum Gasteiger partial charge on any atom is 0.167 e. The molecule has 5 saturated heterocycles. The summed E-state index contributed by atoms with van der Waals surface area (Å²) in [6.07, 6.45) is 6.78. The minimum absolute atomic E-state index is 0.0512. The summed E-state index contributed by atoms with van der Waals surface area (Å²) in [5.41, 5.74) is 22.8. The number of ether oxygens (including phenoxy) is 9. The molecule has 10 N–H and O–H groups in total. The molecule has 18 rings (SSSR count). The van der Waals surface area contributed by atoms with Gasteiger partial charge in [-0.15, -0.1) is 0 Å². The first-order chi connectivity index (χ1) is 70.1. The minimum atomic E-state index is -1.01. The zero-order valence-electron chi connectivity index (χ0n) is 80.6. The number of ketones is 2. The van der Waals surface area contributed by atoms with Gasteiger partial charge in [0.15, 0.2) is 21.9 Å². The summed E-state index contributed by atoms with van der Waals surface area (Å²) >= 11 is 14.4. The number of nitrogens with two attached hydrogens (primary N) is 3. The highest BCUT2D eigenvalue weighted by atomic mass is 32.2. The van der Waals surface area contributed by atoms with Crippen molar-refractivity contribution in [3.63, 3.8) is 0 Å². The van der Waals surface area contributed by atoms with Crippen LogP contribution >= 0.6 is 48.0 Å². The van der Waals surface area contributed by atoms with Gasteiger partial charge in [-0.25, -0.2) is 22.0 Å². The Bertz CT molecular complexity index is 5720. The van der Waals surface area contributed by atoms with Gasteiger partial charge in [-0.2, -0.15) is 0 Å². The van der Waals surface area contributed by atoms with E-state index in [1.165, 1.54) is 47.8 Å². The second-order valence-corrected chi connectivity index (χ2v) is 40.6. The Labute approximate surface area is 859 Å². The third kappa shape index (κ3) is 27.7. The molecule has 29 heteroatoms. The molecule has 8 aliphatic rings. The van der Waals surface area contributed by atoms with Crippen molar-refractivity contribution < 1.29 is 94.6 Å². The molecule has 0 saturated carbocycles. The average molecular weight is 2040 g/mol. The number of thioether (sulfide) groups is 2. The van der Waals surface area contributed by atoms with Crippen molar-refractivity contribution in [2.24, 2.45) is 56.8 Å². The standard InChI is InChI=1S/2C30H31FO4S.C21H25FN2O2S.C20H24FNO3.C14H17FN2O2S/c2*31-27-14-8-7-13-25(27)30(18-24(36)17-28(33)23-11-5-2-6-12-23)15-16-35-29(26(30)19-32)21-34-20-22-9-3-1-4-10-22;22-18-9-5-4-8-16(18)21-10-11-26-19(17(21)14-27-20(23)24-21)13-25-12-15-6-2-1-3-7-15;21-18-9-5-4-8-16(18)20(22)10-11-25-19(17(20)12-23)14-24-13-15-6-2-1-3-7-15;15-11-4-2-1-3-9(11)14-5-6-19-12(7-18)10(14)8-20-13(16)17-14/h2*1-14,26,29,32H,15-21H2;1-8,17-19H,9-14H2,(H2,23,24);1-9,17,19,23H,10-14,22H2;1-4,10,12,18H,5-8H2,(H2,16,17)/t2*26-,29-,30-;17-,18?,19-,21-;17-,19-,20-;10-,12-,14-/m11111/s1. The highest BCUT2D eigenvalue weighted by molar-refractivity contribution is 8.14. The average Bonchev–Trinajstić information content (AvgIpc) is 0.742. The van der Waals surface area contributed by atoms with Gasteiger partial charge in [-0.1, -0.05) is 321 Å². The number of fused-ring (bicyclic) bond motifs is 2. The molecule has 16 atom stereocenters. The second kappa shape index (κ2) is 54.0. The Kier molecular flexibility index (Phi) is 41.1. The Morgan fingerprint density at radius 1 is 0.389 bits per heavy atom. The van der Waals surface area contributed by atoms with Crippen molar-refractivity contribution >= 4 is 79.6 Å². The number of carbonyl (C=O) groups is 2. The molecule has 144 heavy (non-hydrogen) atoms. The number of amidine groups is 2. The van der Waals surface area contributed by atoms with Crippen molar-refractivity contribution in [2.45, 2.75) is 155 Å². The van der Waals surface area contributed by atoms with Crippen LogP contribution in [0.25, 0.3) is 0 Å². The fraction of sp³-hybridized carbons (Fsp3) is 0.391. The number of thiocarbonyl (C=S) groups is 2. The minimum Gasteiger partial charge on any atom is -0.396 e. The summed E-state index contributed by atoms with van der Waals surface area (Å²) in [6, 6.07) is 84.0. The number of rotatable bonds is 35. The number of alkyl halides is 1. The number of hydrogen-bond donors (Lipinski definition) is 7. The molecule has 7 aliphatic heterocycles. The van der Waals surface area contributed by atoms with Crippen LogP contribution in [0.5, 0.6) is 0 Å². The summed E-state index contributed by atoms with van der Waals surface area (Å²) in [4.78, 5) is 36.2. The molecule has 10 aromatic carbocycles. The van der Waals surface area contributed by atoms with Crippen molar-refractivity contribution in [1.82, 2.24) is 0 Å². The number of carbonyl (C=O) groups excluding carboxylic acids is 2. The summed E-state index contributed by atoms with van der Waals surface area (Å²) in [5, 5.41) is 41.6. The lowest BCUT2D eigenvalue weighted by molar-refractivity contribution is -0.120. The Hall–Kier alpha value is -10.1. The highest BCUT2D eigenvalue weighted by Gasteiger charge is 2.56. The van der Waals surface area contributed by atoms with Gasteiger partial charge in [0.25, 0.3) is 0 Å².